The van der Waals surface area contributed by atoms with Crippen LogP contribution in [0.2, 0.25) is 0 Å². The zero-order valence-corrected chi connectivity index (χ0v) is 17.5. The zero-order valence-electron chi connectivity index (χ0n) is 17.5. The Labute approximate surface area is 177 Å². The van der Waals surface area contributed by atoms with E-state index in [1.165, 1.54) is 19.3 Å². The number of benzene rings is 1. The second kappa shape index (κ2) is 10.2. The molecule has 0 atom stereocenters. The number of rotatable bonds is 9. The van der Waals surface area contributed by atoms with Gasteiger partial charge < -0.3 is 19.4 Å². The van der Waals surface area contributed by atoms with Crippen molar-refractivity contribution >= 4 is 0 Å². The van der Waals surface area contributed by atoms with Crippen LogP contribution in [0.1, 0.15) is 42.0 Å². The Bertz CT molecular complexity index is 942. The van der Waals surface area contributed by atoms with Gasteiger partial charge in [0.25, 0.3) is 0 Å². The van der Waals surface area contributed by atoms with Crippen molar-refractivity contribution in [1.29, 1.82) is 0 Å². The Morgan fingerprint density at radius 2 is 2.03 bits per heavy atom. The number of hydrogen-bond donors (Lipinski definition) is 1. The molecule has 0 amide bonds. The number of nitrogens with zero attached hydrogens (tertiary/aromatic N) is 4. The Hall–Kier alpha value is -2.93. The van der Waals surface area contributed by atoms with E-state index in [1.54, 1.807) is 13.3 Å². The van der Waals surface area contributed by atoms with Gasteiger partial charge in [-0.15, -0.1) is 10.2 Å². The third-order valence-corrected chi connectivity index (χ3v) is 5.39. The molecule has 4 rings (SSSR count). The van der Waals surface area contributed by atoms with E-state index in [2.05, 4.69) is 31.1 Å². The first-order chi connectivity index (χ1) is 14.8. The minimum atomic E-state index is 0.457. The van der Waals surface area contributed by atoms with Gasteiger partial charge in [-0.3, -0.25) is 4.98 Å². The average Bonchev–Trinajstić information content (AvgIpc) is 3.01. The van der Waals surface area contributed by atoms with Crippen molar-refractivity contribution < 1.29 is 9.47 Å². The molecule has 0 radical (unpaired) electrons. The highest BCUT2D eigenvalue weighted by Gasteiger charge is 2.14. The van der Waals surface area contributed by atoms with E-state index >= 15 is 0 Å². The van der Waals surface area contributed by atoms with Crippen molar-refractivity contribution in [2.24, 2.45) is 0 Å². The van der Waals surface area contributed by atoms with Crippen LogP contribution in [0.4, 0.5) is 0 Å². The smallest absolute Gasteiger partial charge is 0.161 e. The molecular weight excluding hydrogens is 378 g/mol. The van der Waals surface area contributed by atoms with Crippen molar-refractivity contribution in [3.63, 3.8) is 0 Å². The number of nitrogens with one attached hydrogen (secondary N) is 1. The van der Waals surface area contributed by atoms with Crippen LogP contribution in [0.3, 0.4) is 0 Å². The van der Waals surface area contributed by atoms with Gasteiger partial charge in [0, 0.05) is 50.4 Å². The lowest BCUT2D eigenvalue weighted by Gasteiger charge is -2.13. The normalized spacial score (nSPS) is 13.5. The maximum Gasteiger partial charge on any atom is 0.161 e. The predicted octanol–water partition coefficient (Wildman–Crippen LogP) is 3.32. The third kappa shape index (κ3) is 5.16. The molecular formula is C23H29N5O2. The topological polar surface area (TPSA) is 74.1 Å². The Kier molecular flexibility index (Phi) is 6.92. The van der Waals surface area contributed by atoms with Gasteiger partial charge in [-0.05, 0) is 36.6 Å². The first kappa shape index (κ1) is 20.3. The minimum Gasteiger partial charge on any atom is -0.493 e. The van der Waals surface area contributed by atoms with Gasteiger partial charge in [-0.2, -0.15) is 0 Å². The van der Waals surface area contributed by atoms with E-state index in [1.807, 2.05) is 30.5 Å². The molecule has 2 aromatic heterocycles. The first-order valence-corrected chi connectivity index (χ1v) is 10.6. The third-order valence-electron chi connectivity index (χ3n) is 5.39. The molecule has 0 aliphatic carbocycles. The number of ether oxygens (including phenoxy) is 2. The minimum absolute atomic E-state index is 0.457. The molecule has 1 aliphatic rings. The van der Waals surface area contributed by atoms with Crippen molar-refractivity contribution in [2.45, 2.75) is 51.8 Å². The van der Waals surface area contributed by atoms with Crippen LogP contribution < -0.4 is 14.8 Å². The van der Waals surface area contributed by atoms with Gasteiger partial charge in [0.2, 0.25) is 0 Å². The quantitative estimate of drug-likeness (QED) is 0.549. The van der Waals surface area contributed by atoms with Crippen molar-refractivity contribution in [2.75, 3.05) is 13.7 Å². The Morgan fingerprint density at radius 1 is 1.07 bits per heavy atom. The Morgan fingerprint density at radius 3 is 2.90 bits per heavy atom. The summed E-state index contributed by atoms with van der Waals surface area (Å²) in [6.07, 6.45) is 9.22. The van der Waals surface area contributed by atoms with Gasteiger partial charge >= 0.3 is 0 Å². The summed E-state index contributed by atoms with van der Waals surface area (Å²) >= 11 is 0. The molecule has 0 saturated heterocycles. The summed E-state index contributed by atoms with van der Waals surface area (Å²) in [4.78, 5) is 4.13. The molecule has 158 valence electrons. The molecule has 0 unspecified atom stereocenters. The molecule has 0 fully saturated rings. The highest BCUT2D eigenvalue weighted by atomic mass is 16.5. The van der Waals surface area contributed by atoms with Gasteiger partial charge in [0.1, 0.15) is 18.3 Å². The number of hydrogen-bond acceptors (Lipinski definition) is 6. The van der Waals surface area contributed by atoms with Crippen LogP contribution in [0, 0.1) is 0 Å². The predicted molar refractivity (Wildman–Crippen MR) is 115 cm³/mol. The van der Waals surface area contributed by atoms with Crippen LogP contribution in [0.25, 0.3) is 0 Å². The fourth-order valence-electron chi connectivity index (χ4n) is 3.75. The van der Waals surface area contributed by atoms with E-state index in [-0.39, 0.29) is 0 Å². The summed E-state index contributed by atoms with van der Waals surface area (Å²) in [6.45, 7) is 3.12. The van der Waals surface area contributed by atoms with Crippen LogP contribution in [0.15, 0.2) is 42.7 Å². The molecule has 30 heavy (non-hydrogen) atoms. The molecule has 3 aromatic rings. The highest BCUT2D eigenvalue weighted by Crippen LogP contribution is 2.28. The first-order valence-electron chi connectivity index (χ1n) is 10.6. The second-order valence-corrected chi connectivity index (χ2v) is 7.56. The maximum atomic E-state index is 5.98. The van der Waals surface area contributed by atoms with Gasteiger partial charge in [0.05, 0.1) is 7.11 Å². The summed E-state index contributed by atoms with van der Waals surface area (Å²) < 4.78 is 13.7. The van der Waals surface area contributed by atoms with Gasteiger partial charge in [-0.25, -0.2) is 0 Å². The molecule has 1 aliphatic heterocycles. The van der Waals surface area contributed by atoms with E-state index < -0.39 is 0 Å². The summed E-state index contributed by atoms with van der Waals surface area (Å²) in [6, 6.07) is 9.95. The lowest BCUT2D eigenvalue weighted by atomic mass is 10.2. The molecule has 7 nitrogen and oxygen atoms in total. The molecule has 1 N–H and O–H groups in total. The average molecular weight is 408 g/mol. The number of aryl methyl sites for hydroxylation is 1. The molecule has 0 saturated carbocycles. The van der Waals surface area contributed by atoms with E-state index in [0.717, 1.165) is 66.8 Å². The van der Waals surface area contributed by atoms with Crippen LogP contribution >= 0.6 is 0 Å². The van der Waals surface area contributed by atoms with Crippen LogP contribution in [-0.2, 0) is 32.5 Å². The SMILES string of the molecule is COc1ccc(CNCCc2nnc3n2CCCCC3)cc1OCc1cccnc1. The summed E-state index contributed by atoms with van der Waals surface area (Å²) in [5.41, 5.74) is 2.17. The van der Waals surface area contributed by atoms with Crippen molar-refractivity contribution in [3.05, 3.63) is 65.5 Å². The zero-order chi connectivity index (χ0) is 20.6. The standard InChI is InChI=1S/C23H29N5O2/c1-29-20-9-8-18(14-21(20)30-17-19-6-5-11-24-16-19)15-25-12-10-23-27-26-22-7-3-2-4-13-28(22)23/h5-6,8-9,11,14,16,25H,2-4,7,10,12-13,15,17H2,1H3. The summed E-state index contributed by atoms with van der Waals surface area (Å²) in [7, 11) is 1.66. The molecule has 0 spiro atoms. The fourth-order valence-corrected chi connectivity index (χ4v) is 3.75. The van der Waals surface area contributed by atoms with Crippen molar-refractivity contribution in [1.82, 2.24) is 25.1 Å². The van der Waals surface area contributed by atoms with Gasteiger partial charge in [-0.1, -0.05) is 18.6 Å². The van der Waals surface area contributed by atoms with Crippen LogP contribution in [-0.4, -0.2) is 33.4 Å². The molecule has 0 bridgehead atoms. The Balaban J connectivity index is 1.31. The second-order valence-electron chi connectivity index (χ2n) is 7.56. The maximum absolute atomic E-state index is 5.98. The summed E-state index contributed by atoms with van der Waals surface area (Å²) in [5.74, 6) is 3.71. The van der Waals surface area contributed by atoms with Crippen molar-refractivity contribution in [3.8, 4) is 11.5 Å². The molecule has 3 heterocycles. The van der Waals surface area contributed by atoms with E-state index in [4.69, 9.17) is 9.47 Å². The number of aromatic nitrogens is 4. The lowest BCUT2D eigenvalue weighted by molar-refractivity contribution is 0.283. The monoisotopic (exact) mass is 407 g/mol. The largest absolute Gasteiger partial charge is 0.493 e. The summed E-state index contributed by atoms with van der Waals surface area (Å²) in [5, 5.41) is 12.3. The van der Waals surface area contributed by atoms with Gasteiger partial charge in [0.15, 0.2) is 11.5 Å². The fraction of sp³-hybridized carbons (Fsp3) is 0.435. The molecule has 7 heteroatoms. The van der Waals surface area contributed by atoms with E-state index in [9.17, 15) is 0 Å². The lowest BCUT2D eigenvalue weighted by Crippen LogP contribution is -2.19. The number of fused-ring (bicyclic) bond motifs is 1. The van der Waals surface area contributed by atoms with E-state index in [0.29, 0.717) is 6.61 Å². The molecule has 1 aromatic carbocycles. The number of methoxy groups -OCH3 is 1. The highest BCUT2D eigenvalue weighted by molar-refractivity contribution is 5.43. The number of pyridine rings is 1. The van der Waals surface area contributed by atoms with Crippen LogP contribution in [0.5, 0.6) is 11.5 Å².